The molecule has 0 unspecified atom stereocenters. The number of hydrogen-bond donors (Lipinski definition) is 1. The molecule has 15 heavy (non-hydrogen) atoms. The third-order valence-corrected chi connectivity index (χ3v) is 3.36. The van der Waals surface area contributed by atoms with Crippen molar-refractivity contribution in [3.63, 3.8) is 0 Å². The fourth-order valence-electron chi connectivity index (χ4n) is 1.36. The van der Waals surface area contributed by atoms with E-state index in [2.05, 4.69) is 50.9 Å². The van der Waals surface area contributed by atoms with Crippen LogP contribution < -0.4 is 0 Å². The third kappa shape index (κ3) is 4.13. The highest BCUT2D eigenvalue weighted by atomic mass is 79.9. The van der Waals surface area contributed by atoms with E-state index in [1.165, 1.54) is 5.56 Å². The quantitative estimate of drug-likeness (QED) is 0.910. The number of halogens is 2. The van der Waals surface area contributed by atoms with E-state index in [0.717, 1.165) is 28.3 Å². The van der Waals surface area contributed by atoms with Gasteiger partial charge in [0, 0.05) is 0 Å². The molecular formula is C11H15Br2NO. The molecule has 0 saturated heterocycles. The highest BCUT2D eigenvalue weighted by molar-refractivity contribution is 9.11. The maximum absolute atomic E-state index is 9.54. The van der Waals surface area contributed by atoms with Gasteiger partial charge in [0.2, 0.25) is 0 Å². The summed E-state index contributed by atoms with van der Waals surface area (Å²) in [7, 11) is 4.14. The molecule has 0 saturated carbocycles. The number of aryl methyl sites for hydroxylation is 1. The van der Waals surface area contributed by atoms with Gasteiger partial charge in [-0.2, -0.15) is 0 Å². The Labute approximate surface area is 108 Å². The zero-order valence-electron chi connectivity index (χ0n) is 8.93. The smallest absolute Gasteiger partial charge is 0.143 e. The molecule has 1 aromatic carbocycles. The Hall–Kier alpha value is -0.0600. The normalized spacial score (nSPS) is 11.0. The van der Waals surface area contributed by atoms with Crippen LogP contribution in [0.5, 0.6) is 5.75 Å². The van der Waals surface area contributed by atoms with Crippen LogP contribution in [-0.2, 0) is 6.42 Å². The van der Waals surface area contributed by atoms with Crippen LogP contribution in [0.3, 0.4) is 0 Å². The zero-order chi connectivity index (χ0) is 11.4. The van der Waals surface area contributed by atoms with Crippen molar-refractivity contribution in [3.8, 4) is 5.75 Å². The van der Waals surface area contributed by atoms with Crippen molar-refractivity contribution >= 4 is 31.9 Å². The van der Waals surface area contributed by atoms with Gasteiger partial charge in [0.1, 0.15) is 5.75 Å². The van der Waals surface area contributed by atoms with Crippen molar-refractivity contribution in [1.82, 2.24) is 4.90 Å². The number of hydrogen-bond acceptors (Lipinski definition) is 2. The Morgan fingerprint density at radius 3 is 2.20 bits per heavy atom. The lowest BCUT2D eigenvalue weighted by Gasteiger charge is -2.10. The van der Waals surface area contributed by atoms with E-state index < -0.39 is 0 Å². The van der Waals surface area contributed by atoms with Crippen molar-refractivity contribution in [2.45, 2.75) is 12.8 Å². The highest BCUT2D eigenvalue weighted by Crippen LogP contribution is 2.33. The van der Waals surface area contributed by atoms with Gasteiger partial charge >= 0.3 is 0 Å². The SMILES string of the molecule is CN(C)CCCc1cc(Br)c(O)c(Br)c1. The van der Waals surface area contributed by atoms with Gasteiger partial charge in [-0.25, -0.2) is 0 Å². The Kier molecular flexibility index (Phi) is 5.09. The molecule has 0 atom stereocenters. The van der Waals surface area contributed by atoms with Gasteiger partial charge in [-0.3, -0.25) is 0 Å². The van der Waals surface area contributed by atoms with Gasteiger partial charge in [-0.1, -0.05) is 0 Å². The van der Waals surface area contributed by atoms with Crippen LogP contribution in [0.15, 0.2) is 21.1 Å². The van der Waals surface area contributed by atoms with E-state index in [4.69, 9.17) is 0 Å². The summed E-state index contributed by atoms with van der Waals surface area (Å²) < 4.78 is 1.49. The summed E-state index contributed by atoms with van der Waals surface area (Å²) in [4.78, 5) is 2.17. The van der Waals surface area contributed by atoms with Crippen LogP contribution in [0.1, 0.15) is 12.0 Å². The number of rotatable bonds is 4. The van der Waals surface area contributed by atoms with Gasteiger partial charge in [0.25, 0.3) is 0 Å². The predicted octanol–water partition coefficient (Wildman–Crippen LogP) is 3.41. The number of phenols is 1. The van der Waals surface area contributed by atoms with Crippen LogP contribution in [-0.4, -0.2) is 30.6 Å². The molecule has 1 rings (SSSR count). The van der Waals surface area contributed by atoms with E-state index in [9.17, 15) is 5.11 Å². The molecule has 0 bridgehead atoms. The zero-order valence-corrected chi connectivity index (χ0v) is 12.1. The second kappa shape index (κ2) is 5.87. The molecular weight excluding hydrogens is 322 g/mol. The molecule has 1 N–H and O–H groups in total. The Balaban J connectivity index is 2.63. The summed E-state index contributed by atoms with van der Waals surface area (Å²) in [5, 5.41) is 9.54. The molecule has 0 spiro atoms. The molecule has 0 radical (unpaired) electrons. The van der Waals surface area contributed by atoms with E-state index in [-0.39, 0.29) is 5.75 Å². The van der Waals surface area contributed by atoms with Crippen molar-refractivity contribution < 1.29 is 5.11 Å². The summed E-state index contributed by atoms with van der Waals surface area (Å²) >= 11 is 6.65. The minimum atomic E-state index is 0.270. The summed E-state index contributed by atoms with van der Waals surface area (Å²) in [5.74, 6) is 0.270. The van der Waals surface area contributed by atoms with E-state index in [1.807, 2.05) is 12.1 Å². The first kappa shape index (κ1) is 13.0. The average Bonchev–Trinajstić information content (AvgIpc) is 2.13. The first-order valence-corrected chi connectivity index (χ1v) is 6.41. The van der Waals surface area contributed by atoms with Gasteiger partial charge in [-0.15, -0.1) is 0 Å². The number of nitrogens with zero attached hydrogens (tertiary/aromatic N) is 1. The summed E-state index contributed by atoms with van der Waals surface area (Å²) in [6.45, 7) is 1.08. The molecule has 84 valence electrons. The summed E-state index contributed by atoms with van der Waals surface area (Å²) in [5.41, 5.74) is 1.23. The van der Waals surface area contributed by atoms with Gasteiger partial charge in [-0.05, 0) is 83.0 Å². The fourth-order valence-corrected chi connectivity index (χ4v) is 2.64. The molecule has 0 aliphatic heterocycles. The highest BCUT2D eigenvalue weighted by Gasteiger charge is 2.05. The molecule has 1 aromatic rings. The first-order valence-electron chi connectivity index (χ1n) is 4.82. The molecule has 0 amide bonds. The molecule has 0 aliphatic rings. The minimum Gasteiger partial charge on any atom is -0.506 e. The number of benzene rings is 1. The van der Waals surface area contributed by atoms with Gasteiger partial charge < -0.3 is 10.0 Å². The number of aromatic hydroxyl groups is 1. The van der Waals surface area contributed by atoms with Crippen LogP contribution >= 0.6 is 31.9 Å². The largest absolute Gasteiger partial charge is 0.506 e. The van der Waals surface area contributed by atoms with Crippen molar-refractivity contribution in [1.29, 1.82) is 0 Å². The topological polar surface area (TPSA) is 23.5 Å². The molecule has 2 nitrogen and oxygen atoms in total. The molecule has 4 heteroatoms. The minimum absolute atomic E-state index is 0.270. The summed E-state index contributed by atoms with van der Waals surface area (Å²) in [6, 6.07) is 3.94. The van der Waals surface area contributed by atoms with Crippen LogP contribution in [0.4, 0.5) is 0 Å². The standard InChI is InChI=1S/C11H15Br2NO/c1-14(2)5-3-4-8-6-9(12)11(15)10(13)7-8/h6-7,15H,3-5H2,1-2H3. The first-order chi connectivity index (χ1) is 7.00. The van der Waals surface area contributed by atoms with E-state index in [1.54, 1.807) is 0 Å². The van der Waals surface area contributed by atoms with Crippen LogP contribution in [0.25, 0.3) is 0 Å². The molecule has 0 aliphatic carbocycles. The average molecular weight is 337 g/mol. The molecule has 0 heterocycles. The van der Waals surface area contributed by atoms with E-state index >= 15 is 0 Å². The fraction of sp³-hybridized carbons (Fsp3) is 0.455. The van der Waals surface area contributed by atoms with Crippen molar-refractivity contribution in [3.05, 3.63) is 26.6 Å². The van der Waals surface area contributed by atoms with E-state index in [0.29, 0.717) is 0 Å². The second-order valence-electron chi connectivity index (χ2n) is 3.81. The molecule has 0 fully saturated rings. The second-order valence-corrected chi connectivity index (χ2v) is 5.52. The van der Waals surface area contributed by atoms with Crippen LogP contribution in [0.2, 0.25) is 0 Å². The maximum Gasteiger partial charge on any atom is 0.143 e. The third-order valence-electron chi connectivity index (χ3n) is 2.15. The number of phenolic OH excluding ortho intramolecular Hbond substituents is 1. The van der Waals surface area contributed by atoms with Gasteiger partial charge in [0.15, 0.2) is 0 Å². The maximum atomic E-state index is 9.54. The lowest BCUT2D eigenvalue weighted by Crippen LogP contribution is -2.13. The predicted molar refractivity (Wildman–Crippen MR) is 70.4 cm³/mol. The van der Waals surface area contributed by atoms with Crippen molar-refractivity contribution in [2.24, 2.45) is 0 Å². The lowest BCUT2D eigenvalue weighted by atomic mass is 10.1. The van der Waals surface area contributed by atoms with Crippen LogP contribution in [0, 0.1) is 0 Å². The van der Waals surface area contributed by atoms with Crippen molar-refractivity contribution in [2.75, 3.05) is 20.6 Å². The summed E-state index contributed by atoms with van der Waals surface area (Å²) in [6.07, 6.45) is 2.15. The Morgan fingerprint density at radius 2 is 1.73 bits per heavy atom. The monoisotopic (exact) mass is 335 g/mol. The lowest BCUT2D eigenvalue weighted by molar-refractivity contribution is 0.400. The Morgan fingerprint density at radius 1 is 1.20 bits per heavy atom. The molecule has 0 aromatic heterocycles. The Bertz CT molecular complexity index is 316. The van der Waals surface area contributed by atoms with Gasteiger partial charge in [0.05, 0.1) is 8.95 Å².